The van der Waals surface area contributed by atoms with E-state index in [9.17, 15) is 14.4 Å². The van der Waals surface area contributed by atoms with Crippen molar-refractivity contribution in [3.05, 3.63) is 28.5 Å². The van der Waals surface area contributed by atoms with Gasteiger partial charge >= 0.3 is 11.9 Å². The number of nitrogens with zero attached hydrogens (tertiary/aromatic N) is 1. The van der Waals surface area contributed by atoms with Gasteiger partial charge in [0.2, 0.25) is 0 Å². The minimum Gasteiger partial charge on any atom is -0.469 e. The van der Waals surface area contributed by atoms with Crippen molar-refractivity contribution in [2.45, 2.75) is 18.9 Å². The van der Waals surface area contributed by atoms with Gasteiger partial charge < -0.3 is 14.8 Å². The minimum absolute atomic E-state index is 0.00961. The molecule has 0 bridgehead atoms. The minimum atomic E-state index is -0.938. The molecule has 0 saturated carbocycles. The number of hydrogen-bond donors (Lipinski definition) is 1. The normalized spacial score (nSPS) is 11.4. The summed E-state index contributed by atoms with van der Waals surface area (Å²) in [5.41, 5.74) is 0.158. The van der Waals surface area contributed by atoms with Crippen LogP contribution in [0.5, 0.6) is 0 Å². The molecule has 0 aliphatic heterocycles. The molecule has 0 spiro atoms. The average molecular weight is 359 g/mol. The maximum Gasteiger partial charge on any atom is 0.328 e. The Bertz CT molecular complexity index is 518. The van der Waals surface area contributed by atoms with Crippen LogP contribution in [-0.4, -0.2) is 43.1 Å². The second-order valence-electron chi connectivity index (χ2n) is 4.03. The molecular weight excluding hydrogens is 344 g/mol. The fraction of sp³-hybridized carbons (Fsp3) is 0.385. The molecule has 1 aromatic heterocycles. The Morgan fingerprint density at radius 2 is 2.00 bits per heavy atom. The number of pyridine rings is 1. The molecule has 0 unspecified atom stereocenters. The standard InChI is InChI=1S/C13H15BrN2O5/c1-20-11(17)6-5-10(13(19)21-2)16-12(18)9-4-3-8(14)7-15-9/h3-4,7,10H,5-6H2,1-2H3,(H,16,18)/t10-/m1/s1. The summed E-state index contributed by atoms with van der Waals surface area (Å²) in [6, 6.07) is 2.23. The quantitative estimate of drug-likeness (QED) is 0.764. The topological polar surface area (TPSA) is 94.6 Å². The van der Waals surface area contributed by atoms with Crippen molar-refractivity contribution in [3.8, 4) is 0 Å². The van der Waals surface area contributed by atoms with Gasteiger partial charge in [0.1, 0.15) is 11.7 Å². The van der Waals surface area contributed by atoms with Gasteiger partial charge in [0.15, 0.2) is 0 Å². The number of carbonyl (C=O) groups excluding carboxylic acids is 3. The van der Waals surface area contributed by atoms with Crippen LogP contribution in [0.25, 0.3) is 0 Å². The Morgan fingerprint density at radius 3 is 2.52 bits per heavy atom. The third-order valence-electron chi connectivity index (χ3n) is 2.62. The van der Waals surface area contributed by atoms with Crippen molar-refractivity contribution in [2.75, 3.05) is 14.2 Å². The zero-order chi connectivity index (χ0) is 15.8. The lowest BCUT2D eigenvalue weighted by Gasteiger charge is -2.15. The second-order valence-corrected chi connectivity index (χ2v) is 4.94. The predicted molar refractivity (Wildman–Crippen MR) is 76.5 cm³/mol. The Hall–Kier alpha value is -1.96. The van der Waals surface area contributed by atoms with Crippen LogP contribution in [0, 0.1) is 0 Å². The van der Waals surface area contributed by atoms with E-state index in [-0.39, 0.29) is 18.5 Å². The van der Waals surface area contributed by atoms with E-state index < -0.39 is 23.9 Å². The number of methoxy groups -OCH3 is 2. The Labute approximate surface area is 130 Å². The first kappa shape index (κ1) is 17.1. The molecule has 1 amide bonds. The Balaban J connectivity index is 2.71. The van der Waals surface area contributed by atoms with Gasteiger partial charge in [0.05, 0.1) is 14.2 Å². The summed E-state index contributed by atoms with van der Waals surface area (Å²) in [6.07, 6.45) is 1.54. The molecule has 21 heavy (non-hydrogen) atoms. The molecule has 0 fully saturated rings. The monoisotopic (exact) mass is 358 g/mol. The first-order chi connectivity index (χ1) is 9.97. The summed E-state index contributed by atoms with van der Waals surface area (Å²) < 4.78 is 9.83. The summed E-state index contributed by atoms with van der Waals surface area (Å²) in [4.78, 5) is 38.6. The van der Waals surface area contributed by atoms with Crippen LogP contribution in [0.3, 0.4) is 0 Å². The number of aromatic nitrogens is 1. The number of rotatable bonds is 6. The lowest BCUT2D eigenvalue weighted by Crippen LogP contribution is -2.42. The molecule has 0 radical (unpaired) electrons. The third-order valence-corrected chi connectivity index (χ3v) is 3.08. The molecule has 7 nitrogen and oxygen atoms in total. The smallest absolute Gasteiger partial charge is 0.328 e. The van der Waals surface area contributed by atoms with Gasteiger partial charge in [-0.05, 0) is 34.5 Å². The van der Waals surface area contributed by atoms with Gasteiger partial charge in [-0.15, -0.1) is 0 Å². The molecule has 8 heteroatoms. The summed E-state index contributed by atoms with van der Waals surface area (Å²) in [6.45, 7) is 0. The fourth-order valence-electron chi connectivity index (χ4n) is 1.50. The number of hydrogen-bond acceptors (Lipinski definition) is 6. The van der Waals surface area contributed by atoms with Crippen molar-refractivity contribution in [1.29, 1.82) is 0 Å². The highest BCUT2D eigenvalue weighted by Gasteiger charge is 2.23. The van der Waals surface area contributed by atoms with E-state index in [1.807, 2.05) is 0 Å². The average Bonchev–Trinajstić information content (AvgIpc) is 2.50. The number of carbonyl (C=O) groups is 3. The predicted octanol–water partition coefficient (Wildman–Crippen LogP) is 1.07. The molecule has 0 aromatic carbocycles. The molecule has 1 heterocycles. The number of nitrogens with one attached hydrogen (secondary N) is 1. The molecule has 1 aromatic rings. The maximum atomic E-state index is 12.0. The van der Waals surface area contributed by atoms with E-state index in [0.717, 1.165) is 4.47 Å². The molecular formula is C13H15BrN2O5. The zero-order valence-electron chi connectivity index (χ0n) is 11.6. The molecule has 0 aliphatic carbocycles. The SMILES string of the molecule is COC(=O)CC[C@@H](NC(=O)c1ccc(Br)cn1)C(=O)OC. The molecule has 0 aliphatic rings. The molecule has 1 N–H and O–H groups in total. The van der Waals surface area contributed by atoms with E-state index in [0.29, 0.717) is 0 Å². The van der Waals surface area contributed by atoms with Crippen molar-refractivity contribution >= 4 is 33.8 Å². The zero-order valence-corrected chi connectivity index (χ0v) is 13.2. The van der Waals surface area contributed by atoms with Crippen LogP contribution in [0.4, 0.5) is 0 Å². The van der Waals surface area contributed by atoms with E-state index in [4.69, 9.17) is 0 Å². The first-order valence-electron chi connectivity index (χ1n) is 6.05. The van der Waals surface area contributed by atoms with E-state index in [1.54, 1.807) is 6.07 Å². The van der Waals surface area contributed by atoms with Gasteiger partial charge in [-0.25, -0.2) is 9.78 Å². The highest BCUT2D eigenvalue weighted by molar-refractivity contribution is 9.10. The number of amides is 1. The van der Waals surface area contributed by atoms with E-state index in [1.165, 1.54) is 26.5 Å². The van der Waals surface area contributed by atoms with Crippen molar-refractivity contribution in [3.63, 3.8) is 0 Å². The Kier molecular flexibility index (Phi) is 6.80. The van der Waals surface area contributed by atoms with Gasteiger partial charge in [0, 0.05) is 17.1 Å². The van der Waals surface area contributed by atoms with Crippen LogP contribution in [0.2, 0.25) is 0 Å². The van der Waals surface area contributed by atoms with Crippen LogP contribution in [0.1, 0.15) is 23.3 Å². The van der Waals surface area contributed by atoms with Gasteiger partial charge in [-0.2, -0.15) is 0 Å². The number of esters is 2. The van der Waals surface area contributed by atoms with Crippen LogP contribution >= 0.6 is 15.9 Å². The lowest BCUT2D eigenvalue weighted by atomic mass is 10.1. The Morgan fingerprint density at radius 1 is 1.29 bits per heavy atom. The number of halogens is 1. The van der Waals surface area contributed by atoms with Crippen LogP contribution in [0.15, 0.2) is 22.8 Å². The molecule has 0 saturated heterocycles. The maximum absolute atomic E-state index is 12.0. The van der Waals surface area contributed by atoms with E-state index in [2.05, 4.69) is 35.7 Å². The fourth-order valence-corrected chi connectivity index (χ4v) is 1.73. The summed E-state index contributed by atoms with van der Waals surface area (Å²) >= 11 is 3.21. The van der Waals surface area contributed by atoms with Gasteiger partial charge in [-0.1, -0.05) is 0 Å². The molecule has 114 valence electrons. The highest BCUT2D eigenvalue weighted by Crippen LogP contribution is 2.08. The summed E-state index contributed by atoms with van der Waals surface area (Å²) in [7, 11) is 2.46. The second kappa shape index (κ2) is 8.35. The third kappa shape index (κ3) is 5.50. The summed E-state index contributed by atoms with van der Waals surface area (Å²) in [5, 5.41) is 2.48. The highest BCUT2D eigenvalue weighted by atomic mass is 79.9. The lowest BCUT2D eigenvalue weighted by molar-refractivity contribution is -0.144. The molecule has 1 atom stereocenters. The summed E-state index contributed by atoms with van der Waals surface area (Å²) in [5.74, 6) is -1.63. The largest absolute Gasteiger partial charge is 0.469 e. The van der Waals surface area contributed by atoms with Crippen molar-refractivity contribution < 1.29 is 23.9 Å². The van der Waals surface area contributed by atoms with E-state index >= 15 is 0 Å². The van der Waals surface area contributed by atoms with Crippen LogP contribution < -0.4 is 5.32 Å². The van der Waals surface area contributed by atoms with Crippen LogP contribution in [-0.2, 0) is 19.1 Å². The van der Waals surface area contributed by atoms with Gasteiger partial charge in [-0.3, -0.25) is 9.59 Å². The molecule has 1 rings (SSSR count). The van der Waals surface area contributed by atoms with Crippen molar-refractivity contribution in [2.24, 2.45) is 0 Å². The van der Waals surface area contributed by atoms with Gasteiger partial charge in [0.25, 0.3) is 5.91 Å². The van der Waals surface area contributed by atoms with Crippen molar-refractivity contribution in [1.82, 2.24) is 10.3 Å². The number of ether oxygens (including phenoxy) is 2. The first-order valence-corrected chi connectivity index (χ1v) is 6.84.